The maximum Gasteiger partial charge on any atom is 0.266 e. The van der Waals surface area contributed by atoms with E-state index >= 15 is 0 Å². The van der Waals surface area contributed by atoms with Gasteiger partial charge in [-0.15, -0.1) is 0 Å². The van der Waals surface area contributed by atoms with Crippen molar-refractivity contribution in [3.8, 4) is 5.69 Å². The van der Waals surface area contributed by atoms with Crippen LogP contribution in [0.25, 0.3) is 16.6 Å². The Morgan fingerprint density at radius 3 is 2.64 bits per heavy atom. The maximum atomic E-state index is 13.1. The average Bonchev–Trinajstić information content (AvgIpc) is 2.62. The van der Waals surface area contributed by atoms with Crippen LogP contribution in [0.2, 0.25) is 0 Å². The smallest absolute Gasteiger partial charge is 0.266 e. The van der Waals surface area contributed by atoms with Crippen molar-refractivity contribution in [1.82, 2.24) is 9.55 Å². The Morgan fingerprint density at radius 1 is 1.16 bits per heavy atom. The number of benzene rings is 2. The largest absolute Gasteiger partial charge is 0.370 e. The third-order valence-electron chi connectivity index (χ3n) is 3.94. The first-order valence-corrected chi connectivity index (χ1v) is 9.11. The molecule has 2 N–H and O–H groups in total. The molecule has 0 aliphatic rings. The summed E-state index contributed by atoms with van der Waals surface area (Å²) >= 11 is 1.37. The van der Waals surface area contributed by atoms with E-state index in [1.165, 1.54) is 11.8 Å². The number of primary amides is 1. The molecule has 0 radical (unpaired) electrons. The van der Waals surface area contributed by atoms with Crippen molar-refractivity contribution in [2.24, 2.45) is 5.73 Å². The van der Waals surface area contributed by atoms with E-state index in [9.17, 15) is 9.59 Å². The highest BCUT2D eigenvalue weighted by atomic mass is 32.2. The summed E-state index contributed by atoms with van der Waals surface area (Å²) in [5, 5.41) is 1.15. The van der Waals surface area contributed by atoms with Crippen molar-refractivity contribution < 1.29 is 4.79 Å². The van der Waals surface area contributed by atoms with Gasteiger partial charge in [-0.3, -0.25) is 14.2 Å². The Hall–Kier alpha value is -2.60. The molecule has 0 saturated heterocycles. The van der Waals surface area contributed by atoms with E-state index in [1.807, 2.05) is 42.5 Å². The highest BCUT2D eigenvalue weighted by molar-refractivity contribution is 7.99. The normalized spacial score (nSPS) is 10.9. The van der Waals surface area contributed by atoms with Crippen molar-refractivity contribution in [3.05, 3.63) is 64.4 Å². The molecule has 1 aromatic heterocycles. The predicted molar refractivity (Wildman–Crippen MR) is 101 cm³/mol. The molecular formula is C19H19N3O2S. The number of aromatic nitrogens is 2. The van der Waals surface area contributed by atoms with Crippen LogP contribution in [0.3, 0.4) is 0 Å². The molecule has 3 aromatic rings. The molecule has 0 saturated carbocycles. The van der Waals surface area contributed by atoms with Gasteiger partial charge in [-0.05, 0) is 30.2 Å². The molecule has 128 valence electrons. The zero-order valence-electron chi connectivity index (χ0n) is 13.9. The van der Waals surface area contributed by atoms with Crippen LogP contribution in [0, 0.1) is 0 Å². The lowest BCUT2D eigenvalue weighted by molar-refractivity contribution is -0.117. The summed E-state index contributed by atoms with van der Waals surface area (Å²) in [5.74, 6) is 0.116. The molecule has 1 heterocycles. The maximum absolute atomic E-state index is 13.1. The molecule has 0 unspecified atom stereocenters. The Bertz CT molecular complexity index is 982. The summed E-state index contributed by atoms with van der Waals surface area (Å²) in [4.78, 5) is 28.8. The van der Waals surface area contributed by atoms with Crippen LogP contribution in [0.1, 0.15) is 18.9 Å². The number of carbonyl (C=O) groups excluding carboxylic acids is 1. The quantitative estimate of drug-likeness (QED) is 0.546. The van der Waals surface area contributed by atoms with Crippen molar-refractivity contribution in [1.29, 1.82) is 0 Å². The number of rotatable bonds is 6. The molecule has 0 atom stereocenters. The van der Waals surface area contributed by atoms with Gasteiger partial charge in [-0.25, -0.2) is 4.98 Å². The summed E-state index contributed by atoms with van der Waals surface area (Å²) < 4.78 is 1.65. The molecule has 0 fully saturated rings. The minimum absolute atomic E-state index is 0.104. The van der Waals surface area contributed by atoms with E-state index in [4.69, 9.17) is 5.73 Å². The second kappa shape index (κ2) is 7.53. The number of hydrogen-bond acceptors (Lipinski definition) is 4. The minimum atomic E-state index is -0.365. The summed E-state index contributed by atoms with van der Waals surface area (Å²) in [6.45, 7) is 2.05. The van der Waals surface area contributed by atoms with Crippen LogP contribution >= 0.6 is 11.8 Å². The first-order valence-electron chi connectivity index (χ1n) is 8.13. The topological polar surface area (TPSA) is 78.0 Å². The molecule has 2 aromatic carbocycles. The number of carbonyl (C=O) groups is 1. The van der Waals surface area contributed by atoms with Gasteiger partial charge in [0.05, 0.1) is 16.6 Å². The number of aryl methyl sites for hydroxylation is 1. The van der Waals surface area contributed by atoms with Gasteiger partial charge < -0.3 is 5.73 Å². The fourth-order valence-electron chi connectivity index (χ4n) is 2.69. The molecule has 25 heavy (non-hydrogen) atoms. The molecular weight excluding hydrogens is 334 g/mol. The summed E-state index contributed by atoms with van der Waals surface area (Å²) in [5.41, 5.74) is 7.68. The van der Waals surface area contributed by atoms with Gasteiger partial charge >= 0.3 is 0 Å². The van der Waals surface area contributed by atoms with Gasteiger partial charge in [-0.2, -0.15) is 0 Å². The Kier molecular flexibility index (Phi) is 5.19. The van der Waals surface area contributed by atoms with E-state index in [-0.39, 0.29) is 17.9 Å². The molecule has 1 amide bonds. The standard InChI is InChI=1S/C19H19N3O2S/c1-2-13-7-3-6-10-16(13)22-18(24)14-8-4-5-9-15(14)21-19(22)25-12-11-17(20)23/h3-10H,2,11-12H2,1H3,(H2,20,23). The fraction of sp³-hybridized carbons (Fsp3) is 0.211. The second-order valence-corrected chi connectivity index (χ2v) is 6.66. The first kappa shape index (κ1) is 17.2. The Morgan fingerprint density at radius 2 is 1.88 bits per heavy atom. The van der Waals surface area contributed by atoms with Gasteiger partial charge in [0.25, 0.3) is 5.56 Å². The fourth-order valence-corrected chi connectivity index (χ4v) is 3.65. The zero-order valence-corrected chi connectivity index (χ0v) is 14.8. The summed E-state index contributed by atoms with van der Waals surface area (Å²) in [6, 6.07) is 15.1. The number of hydrogen-bond donors (Lipinski definition) is 1. The third kappa shape index (κ3) is 3.58. The molecule has 0 aliphatic carbocycles. The number of nitrogens with two attached hydrogens (primary N) is 1. The molecule has 0 spiro atoms. The minimum Gasteiger partial charge on any atom is -0.370 e. The third-order valence-corrected chi connectivity index (χ3v) is 4.88. The Labute approximate surface area is 149 Å². The number of amides is 1. The lowest BCUT2D eigenvalue weighted by Crippen LogP contribution is -2.23. The summed E-state index contributed by atoms with van der Waals surface area (Å²) in [7, 11) is 0. The van der Waals surface area contributed by atoms with Crippen molar-refractivity contribution >= 4 is 28.6 Å². The average molecular weight is 353 g/mol. The summed E-state index contributed by atoms with van der Waals surface area (Å²) in [6.07, 6.45) is 1.05. The SMILES string of the molecule is CCc1ccccc1-n1c(SCCC(N)=O)nc2ccccc2c1=O. The van der Waals surface area contributed by atoms with Gasteiger partial charge in [0, 0.05) is 12.2 Å². The van der Waals surface area contributed by atoms with Crippen LogP contribution in [-0.4, -0.2) is 21.2 Å². The van der Waals surface area contributed by atoms with Crippen molar-refractivity contribution in [2.75, 3.05) is 5.75 Å². The van der Waals surface area contributed by atoms with E-state index in [0.29, 0.717) is 21.8 Å². The number of nitrogens with zero attached hydrogens (tertiary/aromatic N) is 2. The second-order valence-electron chi connectivity index (χ2n) is 5.60. The van der Waals surface area contributed by atoms with Crippen LogP contribution in [-0.2, 0) is 11.2 Å². The molecule has 0 bridgehead atoms. The van der Waals surface area contributed by atoms with Crippen LogP contribution < -0.4 is 11.3 Å². The molecule has 3 rings (SSSR count). The first-order chi connectivity index (χ1) is 12.1. The van der Waals surface area contributed by atoms with Gasteiger partial charge in [-0.1, -0.05) is 49.0 Å². The van der Waals surface area contributed by atoms with Crippen LogP contribution in [0.15, 0.2) is 58.5 Å². The lowest BCUT2D eigenvalue weighted by Gasteiger charge is -2.15. The van der Waals surface area contributed by atoms with E-state index in [1.54, 1.807) is 10.6 Å². The molecule has 5 nitrogen and oxygen atoms in total. The monoisotopic (exact) mass is 353 g/mol. The highest BCUT2D eigenvalue weighted by Gasteiger charge is 2.15. The van der Waals surface area contributed by atoms with Crippen molar-refractivity contribution in [2.45, 2.75) is 24.9 Å². The number of fused-ring (bicyclic) bond motifs is 1. The number of thioether (sulfide) groups is 1. The van der Waals surface area contributed by atoms with E-state index in [2.05, 4.69) is 11.9 Å². The van der Waals surface area contributed by atoms with Gasteiger partial charge in [0.15, 0.2) is 5.16 Å². The van der Waals surface area contributed by atoms with Gasteiger partial charge in [0.1, 0.15) is 0 Å². The number of para-hydroxylation sites is 2. The molecule has 0 aliphatic heterocycles. The van der Waals surface area contributed by atoms with Crippen molar-refractivity contribution in [3.63, 3.8) is 0 Å². The van der Waals surface area contributed by atoms with Crippen LogP contribution in [0.4, 0.5) is 0 Å². The van der Waals surface area contributed by atoms with Gasteiger partial charge in [0.2, 0.25) is 5.91 Å². The zero-order chi connectivity index (χ0) is 17.8. The lowest BCUT2D eigenvalue weighted by atomic mass is 10.1. The Balaban J connectivity index is 2.21. The van der Waals surface area contributed by atoms with Crippen LogP contribution in [0.5, 0.6) is 0 Å². The van der Waals surface area contributed by atoms with E-state index < -0.39 is 0 Å². The predicted octanol–water partition coefficient (Wildman–Crippen LogP) is 2.92. The highest BCUT2D eigenvalue weighted by Crippen LogP contribution is 2.24. The van der Waals surface area contributed by atoms with E-state index in [0.717, 1.165) is 17.7 Å². The molecule has 6 heteroatoms.